The van der Waals surface area contributed by atoms with Gasteiger partial charge in [-0.25, -0.2) is 4.79 Å². The van der Waals surface area contributed by atoms with Gasteiger partial charge in [-0.05, 0) is 36.4 Å². The molecule has 7 nitrogen and oxygen atoms in total. The molecule has 0 saturated carbocycles. The molecule has 7 heteroatoms. The van der Waals surface area contributed by atoms with Gasteiger partial charge >= 0.3 is 6.09 Å². The van der Waals surface area contributed by atoms with E-state index in [-0.39, 0.29) is 17.6 Å². The minimum atomic E-state index is -0.966. The Labute approximate surface area is 132 Å². The molecule has 0 radical (unpaired) electrons. The van der Waals surface area contributed by atoms with Crippen LogP contribution in [0.1, 0.15) is 17.3 Å². The molecule has 0 fully saturated rings. The van der Waals surface area contributed by atoms with Gasteiger partial charge in [0.25, 0.3) is 5.91 Å². The van der Waals surface area contributed by atoms with E-state index in [1.165, 1.54) is 13.0 Å². The van der Waals surface area contributed by atoms with Crippen LogP contribution in [0.25, 0.3) is 0 Å². The molecule has 0 aromatic heterocycles. The third-order valence-electron chi connectivity index (χ3n) is 2.81. The Bertz CT molecular complexity index is 741. The summed E-state index contributed by atoms with van der Waals surface area (Å²) in [7, 11) is 0. The van der Waals surface area contributed by atoms with Gasteiger partial charge in [0.2, 0.25) is 5.91 Å². The second-order valence-corrected chi connectivity index (χ2v) is 4.63. The van der Waals surface area contributed by atoms with E-state index in [1.807, 2.05) is 0 Å². The molecule has 118 valence electrons. The first kappa shape index (κ1) is 16.0. The molecule has 2 rings (SSSR count). The molecule has 3 amide bonds. The number of nitrogens with two attached hydrogens (primary N) is 1. The van der Waals surface area contributed by atoms with Gasteiger partial charge in [0.15, 0.2) is 5.75 Å². The van der Waals surface area contributed by atoms with Crippen LogP contribution in [0.3, 0.4) is 0 Å². The van der Waals surface area contributed by atoms with Gasteiger partial charge in [-0.2, -0.15) is 0 Å². The number of carbonyl (C=O) groups is 3. The normalized spacial score (nSPS) is 9.78. The molecular weight excluding hydrogens is 298 g/mol. The molecule has 0 aliphatic rings. The van der Waals surface area contributed by atoms with Crippen LogP contribution >= 0.6 is 0 Å². The van der Waals surface area contributed by atoms with Gasteiger partial charge in [0, 0.05) is 18.2 Å². The van der Waals surface area contributed by atoms with Gasteiger partial charge in [-0.15, -0.1) is 0 Å². The first-order valence-corrected chi connectivity index (χ1v) is 6.71. The minimum Gasteiger partial charge on any atom is -0.408 e. The smallest absolute Gasteiger partial charge is 0.408 e. The quantitative estimate of drug-likeness (QED) is 0.804. The fourth-order valence-corrected chi connectivity index (χ4v) is 1.87. The summed E-state index contributed by atoms with van der Waals surface area (Å²) in [6.07, 6.45) is -0.966. The van der Waals surface area contributed by atoms with Crippen LogP contribution in [0.4, 0.5) is 16.2 Å². The molecule has 0 spiro atoms. The molecule has 0 atom stereocenters. The zero-order valence-electron chi connectivity index (χ0n) is 12.3. The van der Waals surface area contributed by atoms with Crippen LogP contribution in [0, 0.1) is 0 Å². The maximum absolute atomic E-state index is 12.2. The fraction of sp³-hybridized carbons (Fsp3) is 0.0625. The van der Waals surface area contributed by atoms with E-state index in [0.717, 1.165) is 0 Å². The third-order valence-corrected chi connectivity index (χ3v) is 2.81. The topological polar surface area (TPSA) is 111 Å². The lowest BCUT2D eigenvalue weighted by Crippen LogP contribution is -2.18. The number of carbonyl (C=O) groups excluding carboxylic acids is 3. The second kappa shape index (κ2) is 7.08. The van der Waals surface area contributed by atoms with Crippen molar-refractivity contribution in [2.75, 3.05) is 10.6 Å². The highest BCUT2D eigenvalue weighted by Gasteiger charge is 2.11. The molecule has 0 bridgehead atoms. The molecule has 0 saturated heterocycles. The lowest BCUT2D eigenvalue weighted by atomic mass is 10.2. The summed E-state index contributed by atoms with van der Waals surface area (Å²) in [5.41, 5.74) is 6.28. The summed E-state index contributed by atoms with van der Waals surface area (Å²) in [4.78, 5) is 34.0. The summed E-state index contributed by atoms with van der Waals surface area (Å²) in [5, 5.41) is 5.24. The molecule has 23 heavy (non-hydrogen) atoms. The fourth-order valence-electron chi connectivity index (χ4n) is 1.87. The molecule has 0 aliphatic heterocycles. The number of para-hydroxylation sites is 2. The van der Waals surface area contributed by atoms with Crippen LogP contribution in [-0.2, 0) is 4.79 Å². The van der Waals surface area contributed by atoms with Crippen LogP contribution in [0.2, 0.25) is 0 Å². The van der Waals surface area contributed by atoms with E-state index in [9.17, 15) is 14.4 Å². The maximum atomic E-state index is 12.2. The number of amides is 3. The number of hydrogen-bond donors (Lipinski definition) is 3. The summed E-state index contributed by atoms with van der Waals surface area (Å²) >= 11 is 0. The van der Waals surface area contributed by atoms with Crippen molar-refractivity contribution in [3.05, 3.63) is 54.1 Å². The van der Waals surface area contributed by atoms with Crippen molar-refractivity contribution in [2.24, 2.45) is 5.73 Å². The predicted molar refractivity (Wildman–Crippen MR) is 85.4 cm³/mol. The van der Waals surface area contributed by atoms with Crippen molar-refractivity contribution in [3.8, 4) is 5.75 Å². The van der Waals surface area contributed by atoms with Crippen LogP contribution in [-0.4, -0.2) is 17.9 Å². The summed E-state index contributed by atoms with van der Waals surface area (Å²) in [6.45, 7) is 1.40. The van der Waals surface area contributed by atoms with E-state index in [4.69, 9.17) is 10.5 Å². The van der Waals surface area contributed by atoms with Crippen molar-refractivity contribution in [2.45, 2.75) is 6.92 Å². The molecule has 2 aromatic rings. The van der Waals surface area contributed by atoms with Crippen molar-refractivity contribution < 1.29 is 19.1 Å². The lowest BCUT2D eigenvalue weighted by Gasteiger charge is -2.10. The van der Waals surface area contributed by atoms with Gasteiger partial charge in [0.05, 0.1) is 5.69 Å². The van der Waals surface area contributed by atoms with Crippen LogP contribution in [0.5, 0.6) is 5.75 Å². The van der Waals surface area contributed by atoms with Gasteiger partial charge in [0.1, 0.15) is 0 Å². The van der Waals surface area contributed by atoms with Crippen LogP contribution < -0.4 is 21.1 Å². The highest BCUT2D eigenvalue weighted by Crippen LogP contribution is 2.24. The Morgan fingerprint density at radius 3 is 2.22 bits per heavy atom. The zero-order chi connectivity index (χ0) is 16.8. The first-order chi connectivity index (χ1) is 11.0. The number of ether oxygens (including phenoxy) is 1. The van der Waals surface area contributed by atoms with Gasteiger partial charge in [-0.3, -0.25) is 9.59 Å². The van der Waals surface area contributed by atoms with Gasteiger partial charge < -0.3 is 21.1 Å². The summed E-state index contributed by atoms with van der Waals surface area (Å²) in [5.74, 6) is -0.428. The largest absolute Gasteiger partial charge is 0.410 e. The number of rotatable bonds is 4. The average Bonchev–Trinajstić information content (AvgIpc) is 2.49. The highest BCUT2D eigenvalue weighted by molar-refractivity contribution is 6.05. The molecule has 2 aromatic carbocycles. The van der Waals surface area contributed by atoms with Gasteiger partial charge in [-0.1, -0.05) is 12.1 Å². The van der Waals surface area contributed by atoms with Crippen LogP contribution in [0.15, 0.2) is 48.5 Å². The Hall–Kier alpha value is -3.35. The van der Waals surface area contributed by atoms with E-state index < -0.39 is 6.09 Å². The second-order valence-electron chi connectivity index (χ2n) is 4.63. The maximum Gasteiger partial charge on any atom is 0.410 e. The van der Waals surface area contributed by atoms with E-state index in [0.29, 0.717) is 16.9 Å². The molecule has 0 heterocycles. The average molecular weight is 313 g/mol. The van der Waals surface area contributed by atoms with Crippen molar-refractivity contribution in [3.63, 3.8) is 0 Å². The van der Waals surface area contributed by atoms with E-state index in [2.05, 4.69) is 10.6 Å². The Morgan fingerprint density at radius 1 is 0.957 bits per heavy atom. The zero-order valence-corrected chi connectivity index (χ0v) is 12.3. The number of nitrogens with one attached hydrogen (secondary N) is 2. The predicted octanol–water partition coefficient (Wildman–Crippen LogP) is 2.35. The number of primary amides is 1. The third kappa shape index (κ3) is 4.57. The minimum absolute atomic E-state index is 0.156. The Kier molecular flexibility index (Phi) is 4.93. The Morgan fingerprint density at radius 2 is 1.61 bits per heavy atom. The standard InChI is InChI=1S/C16H15N3O4/c1-10(20)18-12-8-6-11(7-9-12)15(21)19-13-4-2-3-5-14(13)23-16(17)22/h2-9H,1H3,(H2,17,22)(H,18,20)(H,19,21). The van der Waals surface area contributed by atoms with E-state index >= 15 is 0 Å². The molecular formula is C16H15N3O4. The number of anilines is 2. The molecule has 0 aliphatic carbocycles. The number of hydrogen-bond acceptors (Lipinski definition) is 4. The van der Waals surface area contributed by atoms with Crippen molar-refractivity contribution in [1.29, 1.82) is 0 Å². The van der Waals surface area contributed by atoms with E-state index in [1.54, 1.807) is 42.5 Å². The molecule has 4 N–H and O–H groups in total. The SMILES string of the molecule is CC(=O)Nc1ccc(C(=O)Nc2ccccc2OC(N)=O)cc1. The summed E-state index contributed by atoms with van der Waals surface area (Å²) in [6, 6.07) is 12.8. The van der Waals surface area contributed by atoms with Crippen molar-refractivity contribution >= 4 is 29.3 Å². The highest BCUT2D eigenvalue weighted by atomic mass is 16.5. The van der Waals surface area contributed by atoms with Crippen molar-refractivity contribution in [1.82, 2.24) is 0 Å². The summed E-state index contributed by atoms with van der Waals surface area (Å²) < 4.78 is 4.82. The first-order valence-electron chi connectivity index (χ1n) is 6.71. The molecule has 0 unspecified atom stereocenters. The monoisotopic (exact) mass is 313 g/mol. The Balaban J connectivity index is 2.13. The lowest BCUT2D eigenvalue weighted by molar-refractivity contribution is -0.114. The number of benzene rings is 2.